The Morgan fingerprint density at radius 3 is 2.70 bits per heavy atom. The number of rotatable bonds is 7. The van der Waals surface area contributed by atoms with Crippen molar-refractivity contribution in [2.45, 2.75) is 12.5 Å². The topological polar surface area (TPSA) is 115 Å². The number of fused-ring (bicyclic) bond motifs is 1. The Bertz CT molecular complexity index is 964. The maximum absolute atomic E-state index is 12.2. The standard InChI is InChI=1S/C19H18N2O6/c1-26-15-6-7-16-13(11-27-18(16)9-15)8-19(23)20-10-17(22)12-2-4-14(5-3-12)21(24)25/h2-7,9,11,17,22H,8,10H2,1H3,(H,20,23)/t17-/m1/s1. The number of ether oxygens (including phenoxy) is 1. The lowest BCUT2D eigenvalue weighted by Gasteiger charge is -2.12. The van der Waals surface area contributed by atoms with E-state index in [9.17, 15) is 20.0 Å². The van der Waals surface area contributed by atoms with Crippen LogP contribution >= 0.6 is 0 Å². The Labute approximate surface area is 154 Å². The van der Waals surface area contributed by atoms with Gasteiger partial charge >= 0.3 is 0 Å². The van der Waals surface area contributed by atoms with Gasteiger partial charge in [-0.15, -0.1) is 0 Å². The molecule has 0 unspecified atom stereocenters. The summed E-state index contributed by atoms with van der Waals surface area (Å²) in [6, 6.07) is 10.9. The molecule has 0 fully saturated rings. The summed E-state index contributed by atoms with van der Waals surface area (Å²) < 4.78 is 10.6. The Morgan fingerprint density at radius 2 is 2.04 bits per heavy atom. The van der Waals surface area contributed by atoms with Crippen LogP contribution in [0.2, 0.25) is 0 Å². The van der Waals surface area contributed by atoms with E-state index in [1.807, 2.05) is 6.07 Å². The Hall–Kier alpha value is -3.39. The SMILES string of the molecule is COc1ccc2c(CC(=O)NC[C@@H](O)c3ccc([N+](=O)[O-])cc3)coc2c1. The van der Waals surface area contributed by atoms with Crippen molar-refractivity contribution in [2.75, 3.05) is 13.7 Å². The van der Waals surface area contributed by atoms with Crippen molar-refractivity contribution in [1.29, 1.82) is 0 Å². The number of hydrogen-bond acceptors (Lipinski definition) is 6. The molecule has 1 heterocycles. The highest BCUT2D eigenvalue weighted by Crippen LogP contribution is 2.26. The van der Waals surface area contributed by atoms with Crippen LogP contribution in [0.1, 0.15) is 17.2 Å². The quantitative estimate of drug-likeness (QED) is 0.488. The van der Waals surface area contributed by atoms with Crippen LogP contribution in [-0.4, -0.2) is 29.6 Å². The number of amides is 1. The Morgan fingerprint density at radius 1 is 1.30 bits per heavy atom. The number of carbonyl (C=O) groups is 1. The zero-order chi connectivity index (χ0) is 19.4. The minimum atomic E-state index is -0.958. The number of aliphatic hydroxyl groups excluding tert-OH is 1. The van der Waals surface area contributed by atoms with Gasteiger partial charge in [0.05, 0.1) is 30.8 Å². The predicted octanol–water partition coefficient (Wildman–Crippen LogP) is 2.74. The predicted molar refractivity (Wildman–Crippen MR) is 97.5 cm³/mol. The lowest BCUT2D eigenvalue weighted by molar-refractivity contribution is -0.384. The Balaban J connectivity index is 1.58. The number of methoxy groups -OCH3 is 1. The molecule has 0 aliphatic rings. The van der Waals surface area contributed by atoms with Gasteiger partial charge in [0.1, 0.15) is 11.3 Å². The fourth-order valence-corrected chi connectivity index (χ4v) is 2.71. The molecule has 140 valence electrons. The monoisotopic (exact) mass is 370 g/mol. The molecule has 1 aromatic heterocycles. The smallest absolute Gasteiger partial charge is 0.269 e. The van der Waals surface area contributed by atoms with Gasteiger partial charge in [0, 0.05) is 35.7 Å². The molecule has 1 atom stereocenters. The highest BCUT2D eigenvalue weighted by molar-refractivity contribution is 5.88. The van der Waals surface area contributed by atoms with E-state index in [0.29, 0.717) is 16.9 Å². The molecule has 27 heavy (non-hydrogen) atoms. The fraction of sp³-hybridized carbons (Fsp3) is 0.211. The zero-order valence-corrected chi connectivity index (χ0v) is 14.5. The van der Waals surface area contributed by atoms with Crippen LogP contribution in [0.25, 0.3) is 11.0 Å². The lowest BCUT2D eigenvalue weighted by Crippen LogP contribution is -2.29. The molecule has 2 N–H and O–H groups in total. The summed E-state index contributed by atoms with van der Waals surface area (Å²) in [5.74, 6) is 0.397. The molecular formula is C19H18N2O6. The number of carbonyl (C=O) groups excluding carboxylic acids is 1. The second kappa shape index (κ2) is 7.88. The van der Waals surface area contributed by atoms with Crippen molar-refractivity contribution >= 4 is 22.6 Å². The van der Waals surface area contributed by atoms with Gasteiger partial charge in [0.25, 0.3) is 5.69 Å². The van der Waals surface area contributed by atoms with Crippen LogP contribution in [0.15, 0.2) is 53.1 Å². The second-order valence-electron chi connectivity index (χ2n) is 5.97. The molecule has 0 bridgehead atoms. The van der Waals surface area contributed by atoms with Crippen molar-refractivity contribution < 1.29 is 24.0 Å². The van der Waals surface area contributed by atoms with E-state index in [-0.39, 0.29) is 24.6 Å². The first-order chi connectivity index (χ1) is 13.0. The highest BCUT2D eigenvalue weighted by Gasteiger charge is 2.14. The van der Waals surface area contributed by atoms with Gasteiger partial charge in [-0.2, -0.15) is 0 Å². The van der Waals surface area contributed by atoms with Crippen molar-refractivity contribution in [1.82, 2.24) is 5.32 Å². The molecule has 3 rings (SSSR count). The molecule has 0 aliphatic carbocycles. The molecule has 2 aromatic carbocycles. The van der Waals surface area contributed by atoms with E-state index >= 15 is 0 Å². The van der Waals surface area contributed by atoms with Gasteiger partial charge in [0.2, 0.25) is 5.91 Å². The van der Waals surface area contributed by atoms with Crippen LogP contribution in [0, 0.1) is 10.1 Å². The van der Waals surface area contributed by atoms with E-state index in [4.69, 9.17) is 9.15 Å². The summed E-state index contributed by atoms with van der Waals surface area (Å²) in [6.45, 7) is 0.000249. The minimum Gasteiger partial charge on any atom is -0.497 e. The average Bonchev–Trinajstić information content (AvgIpc) is 3.08. The Kier molecular flexibility index (Phi) is 5.37. The molecule has 0 saturated heterocycles. The number of nitrogens with one attached hydrogen (secondary N) is 1. The van der Waals surface area contributed by atoms with Crippen LogP contribution in [-0.2, 0) is 11.2 Å². The first kappa shape index (κ1) is 18.4. The summed E-state index contributed by atoms with van der Waals surface area (Å²) in [4.78, 5) is 22.3. The van der Waals surface area contributed by atoms with Crippen molar-refractivity contribution in [3.05, 3.63) is 70.0 Å². The number of non-ortho nitro benzene ring substituents is 1. The molecule has 0 aliphatic heterocycles. The summed E-state index contributed by atoms with van der Waals surface area (Å²) in [6.07, 6.45) is 0.669. The van der Waals surface area contributed by atoms with E-state index < -0.39 is 11.0 Å². The molecule has 3 aromatic rings. The van der Waals surface area contributed by atoms with Gasteiger partial charge in [-0.25, -0.2) is 0 Å². The molecule has 0 radical (unpaired) electrons. The maximum Gasteiger partial charge on any atom is 0.269 e. The maximum atomic E-state index is 12.2. The molecule has 1 amide bonds. The molecule has 8 nitrogen and oxygen atoms in total. The largest absolute Gasteiger partial charge is 0.497 e. The van der Waals surface area contributed by atoms with Crippen molar-refractivity contribution in [3.8, 4) is 5.75 Å². The molecular weight excluding hydrogens is 352 g/mol. The summed E-state index contributed by atoms with van der Waals surface area (Å²) in [5.41, 5.74) is 1.79. The number of nitro benzene ring substituents is 1. The van der Waals surface area contributed by atoms with Crippen molar-refractivity contribution in [2.24, 2.45) is 0 Å². The fourth-order valence-electron chi connectivity index (χ4n) is 2.71. The van der Waals surface area contributed by atoms with Gasteiger partial charge in [-0.05, 0) is 29.8 Å². The van der Waals surface area contributed by atoms with Gasteiger partial charge in [0.15, 0.2) is 0 Å². The van der Waals surface area contributed by atoms with Crippen molar-refractivity contribution in [3.63, 3.8) is 0 Å². The number of benzene rings is 2. The number of nitro groups is 1. The second-order valence-corrected chi connectivity index (χ2v) is 5.97. The van der Waals surface area contributed by atoms with Gasteiger partial charge < -0.3 is 19.6 Å². The number of aliphatic hydroxyl groups is 1. The molecule has 8 heteroatoms. The number of hydrogen-bond donors (Lipinski definition) is 2. The van der Waals surface area contributed by atoms with E-state index in [0.717, 1.165) is 10.9 Å². The summed E-state index contributed by atoms with van der Waals surface area (Å²) in [5, 5.41) is 24.3. The van der Waals surface area contributed by atoms with E-state index in [1.54, 1.807) is 19.2 Å². The van der Waals surface area contributed by atoms with Gasteiger partial charge in [-0.1, -0.05) is 0 Å². The summed E-state index contributed by atoms with van der Waals surface area (Å²) in [7, 11) is 1.56. The first-order valence-corrected chi connectivity index (χ1v) is 8.21. The minimum absolute atomic E-state index is 0.000249. The molecule has 0 spiro atoms. The lowest BCUT2D eigenvalue weighted by atomic mass is 10.1. The average molecular weight is 370 g/mol. The van der Waals surface area contributed by atoms with Crippen LogP contribution in [0.3, 0.4) is 0 Å². The third-order valence-corrected chi connectivity index (χ3v) is 4.20. The summed E-state index contributed by atoms with van der Waals surface area (Å²) >= 11 is 0. The van der Waals surface area contributed by atoms with Crippen LogP contribution in [0.5, 0.6) is 5.75 Å². The third kappa shape index (κ3) is 4.24. The third-order valence-electron chi connectivity index (χ3n) is 4.20. The first-order valence-electron chi connectivity index (χ1n) is 8.21. The van der Waals surface area contributed by atoms with Crippen LogP contribution < -0.4 is 10.1 Å². The molecule has 0 saturated carbocycles. The number of nitrogens with zero attached hydrogens (tertiary/aromatic N) is 1. The van der Waals surface area contributed by atoms with Crippen LogP contribution in [0.4, 0.5) is 5.69 Å². The van der Waals surface area contributed by atoms with E-state index in [2.05, 4.69) is 5.32 Å². The normalized spacial score (nSPS) is 11.9. The van der Waals surface area contributed by atoms with E-state index in [1.165, 1.54) is 30.5 Å². The highest BCUT2D eigenvalue weighted by atomic mass is 16.6. The van der Waals surface area contributed by atoms with Gasteiger partial charge in [-0.3, -0.25) is 14.9 Å². The zero-order valence-electron chi connectivity index (χ0n) is 14.5. The number of furan rings is 1.